The number of likely N-dealkylation sites (tertiary alicyclic amines) is 1. The molecular formula is C21H25NO3. The zero-order valence-corrected chi connectivity index (χ0v) is 14.8. The van der Waals surface area contributed by atoms with Crippen LogP contribution in [0.5, 0.6) is 5.75 Å². The van der Waals surface area contributed by atoms with Crippen LogP contribution in [-0.4, -0.2) is 35.7 Å². The van der Waals surface area contributed by atoms with Gasteiger partial charge < -0.3 is 9.84 Å². The molecule has 1 N–H and O–H groups in total. The van der Waals surface area contributed by atoms with E-state index >= 15 is 0 Å². The van der Waals surface area contributed by atoms with Gasteiger partial charge in [-0.1, -0.05) is 54.4 Å². The van der Waals surface area contributed by atoms with Gasteiger partial charge in [-0.25, -0.2) is 0 Å². The molecule has 1 aliphatic rings. The lowest BCUT2D eigenvalue weighted by molar-refractivity contribution is -0.145. The number of carbonyl (C=O) groups is 1. The van der Waals surface area contributed by atoms with Gasteiger partial charge in [0.25, 0.3) is 0 Å². The van der Waals surface area contributed by atoms with Crippen LogP contribution in [0.2, 0.25) is 0 Å². The maximum atomic E-state index is 11.9. The van der Waals surface area contributed by atoms with E-state index in [-0.39, 0.29) is 6.04 Å². The van der Waals surface area contributed by atoms with Crippen molar-refractivity contribution in [3.63, 3.8) is 0 Å². The van der Waals surface area contributed by atoms with E-state index in [0.717, 1.165) is 36.3 Å². The third kappa shape index (κ3) is 3.69. The number of nitrogens with zero attached hydrogens (tertiary/aromatic N) is 1. The highest BCUT2D eigenvalue weighted by Crippen LogP contribution is 2.38. The van der Waals surface area contributed by atoms with Gasteiger partial charge in [0.2, 0.25) is 0 Å². The van der Waals surface area contributed by atoms with Crippen molar-refractivity contribution in [2.45, 2.75) is 38.3 Å². The van der Waals surface area contributed by atoms with E-state index in [1.54, 1.807) is 7.11 Å². The van der Waals surface area contributed by atoms with Gasteiger partial charge in [-0.05, 0) is 37.9 Å². The van der Waals surface area contributed by atoms with Crippen molar-refractivity contribution in [1.82, 2.24) is 4.90 Å². The number of carboxylic acids is 1. The van der Waals surface area contributed by atoms with Crippen LogP contribution in [0.15, 0.2) is 48.5 Å². The molecular weight excluding hydrogens is 314 g/mol. The summed E-state index contributed by atoms with van der Waals surface area (Å²) in [5, 5.41) is 9.76. The number of aryl methyl sites for hydroxylation is 1. The summed E-state index contributed by atoms with van der Waals surface area (Å²) in [4.78, 5) is 14.0. The number of hydrogen-bond acceptors (Lipinski definition) is 3. The molecule has 4 heteroatoms. The molecule has 2 unspecified atom stereocenters. The highest BCUT2D eigenvalue weighted by molar-refractivity contribution is 5.73. The van der Waals surface area contributed by atoms with Gasteiger partial charge in [-0.2, -0.15) is 0 Å². The molecule has 2 aromatic rings. The summed E-state index contributed by atoms with van der Waals surface area (Å²) in [6.45, 7) is 2.83. The zero-order chi connectivity index (χ0) is 17.8. The van der Waals surface area contributed by atoms with E-state index in [1.807, 2.05) is 30.3 Å². The van der Waals surface area contributed by atoms with E-state index in [1.165, 1.54) is 5.56 Å². The molecule has 1 saturated heterocycles. The average molecular weight is 339 g/mol. The van der Waals surface area contributed by atoms with Gasteiger partial charge in [0.15, 0.2) is 0 Å². The largest absolute Gasteiger partial charge is 0.496 e. The minimum absolute atomic E-state index is 0.127. The lowest BCUT2D eigenvalue weighted by Crippen LogP contribution is -2.46. The summed E-state index contributed by atoms with van der Waals surface area (Å²) < 4.78 is 5.59. The summed E-state index contributed by atoms with van der Waals surface area (Å²) in [5.74, 6) is 0.0518. The summed E-state index contributed by atoms with van der Waals surface area (Å²) in [6, 6.07) is 15.6. The second kappa shape index (κ2) is 7.70. The van der Waals surface area contributed by atoms with Gasteiger partial charge >= 0.3 is 5.97 Å². The third-order valence-corrected chi connectivity index (χ3v) is 4.95. The van der Waals surface area contributed by atoms with Gasteiger partial charge in [0.1, 0.15) is 11.8 Å². The SMILES string of the molecule is COc1ccccc1C(c1cccc(C)c1)N1CCCCC1C(=O)O. The number of hydrogen-bond donors (Lipinski definition) is 1. The lowest BCUT2D eigenvalue weighted by atomic mass is 9.90. The zero-order valence-electron chi connectivity index (χ0n) is 14.8. The molecule has 2 aromatic carbocycles. The van der Waals surface area contributed by atoms with Crippen molar-refractivity contribution in [2.24, 2.45) is 0 Å². The Morgan fingerprint density at radius 2 is 2.00 bits per heavy atom. The van der Waals surface area contributed by atoms with E-state index in [0.29, 0.717) is 6.42 Å². The van der Waals surface area contributed by atoms with Crippen LogP contribution in [0.4, 0.5) is 0 Å². The second-order valence-electron chi connectivity index (χ2n) is 6.65. The Hall–Kier alpha value is -2.33. The highest BCUT2D eigenvalue weighted by atomic mass is 16.5. The number of piperidine rings is 1. The summed E-state index contributed by atoms with van der Waals surface area (Å²) in [5.41, 5.74) is 3.29. The first-order valence-corrected chi connectivity index (χ1v) is 8.80. The predicted octanol–water partition coefficient (Wildman–Crippen LogP) is 4.03. The molecule has 0 bridgehead atoms. The molecule has 0 radical (unpaired) electrons. The van der Waals surface area contributed by atoms with E-state index in [2.05, 4.69) is 30.0 Å². The van der Waals surface area contributed by atoms with Crippen LogP contribution in [0.25, 0.3) is 0 Å². The molecule has 0 aromatic heterocycles. The first-order valence-electron chi connectivity index (χ1n) is 8.80. The minimum atomic E-state index is -0.743. The number of rotatable bonds is 5. The molecule has 0 amide bonds. The summed E-state index contributed by atoms with van der Waals surface area (Å²) in [6.07, 6.45) is 2.66. The van der Waals surface area contributed by atoms with E-state index in [9.17, 15) is 9.90 Å². The number of ether oxygens (including phenoxy) is 1. The fraction of sp³-hybridized carbons (Fsp3) is 0.381. The number of methoxy groups -OCH3 is 1. The Morgan fingerprint density at radius 1 is 1.20 bits per heavy atom. The van der Waals surface area contributed by atoms with Crippen LogP contribution in [0, 0.1) is 6.92 Å². The molecule has 2 atom stereocenters. The van der Waals surface area contributed by atoms with Crippen molar-refractivity contribution in [3.8, 4) is 5.75 Å². The Bertz CT molecular complexity index is 743. The van der Waals surface area contributed by atoms with Crippen LogP contribution in [0.1, 0.15) is 42.0 Å². The molecule has 25 heavy (non-hydrogen) atoms. The van der Waals surface area contributed by atoms with Crippen molar-refractivity contribution in [1.29, 1.82) is 0 Å². The summed E-state index contributed by atoms with van der Waals surface area (Å²) >= 11 is 0. The molecule has 1 heterocycles. The molecule has 1 fully saturated rings. The second-order valence-corrected chi connectivity index (χ2v) is 6.65. The van der Waals surface area contributed by atoms with Gasteiger partial charge in [-0.15, -0.1) is 0 Å². The minimum Gasteiger partial charge on any atom is -0.496 e. The van der Waals surface area contributed by atoms with Crippen molar-refractivity contribution >= 4 is 5.97 Å². The molecule has 0 spiro atoms. The number of benzene rings is 2. The quantitative estimate of drug-likeness (QED) is 0.893. The van der Waals surface area contributed by atoms with E-state index < -0.39 is 12.0 Å². The fourth-order valence-electron chi connectivity index (χ4n) is 3.81. The van der Waals surface area contributed by atoms with Crippen molar-refractivity contribution in [2.75, 3.05) is 13.7 Å². The maximum Gasteiger partial charge on any atom is 0.320 e. The number of para-hydroxylation sites is 1. The predicted molar refractivity (Wildman–Crippen MR) is 98.0 cm³/mol. The van der Waals surface area contributed by atoms with Crippen molar-refractivity contribution in [3.05, 3.63) is 65.2 Å². The Labute approximate surface area is 149 Å². The third-order valence-electron chi connectivity index (χ3n) is 4.95. The maximum absolute atomic E-state index is 11.9. The van der Waals surface area contributed by atoms with Crippen molar-refractivity contribution < 1.29 is 14.6 Å². The monoisotopic (exact) mass is 339 g/mol. The number of carboxylic acid groups (broad SMARTS) is 1. The van der Waals surface area contributed by atoms with Gasteiger partial charge in [0, 0.05) is 5.56 Å². The van der Waals surface area contributed by atoms with Gasteiger partial charge in [0.05, 0.1) is 13.2 Å². The fourth-order valence-corrected chi connectivity index (χ4v) is 3.81. The van der Waals surface area contributed by atoms with Crippen LogP contribution < -0.4 is 4.74 Å². The molecule has 0 saturated carbocycles. The molecule has 1 aliphatic heterocycles. The molecule has 4 nitrogen and oxygen atoms in total. The standard InChI is InChI=1S/C21H25NO3/c1-15-8-7-9-16(14-15)20(17-10-3-4-12-19(17)25-2)22-13-6-5-11-18(22)21(23)24/h3-4,7-10,12,14,18,20H,5-6,11,13H2,1-2H3,(H,23,24). The Morgan fingerprint density at radius 3 is 2.72 bits per heavy atom. The molecule has 0 aliphatic carbocycles. The Kier molecular flexibility index (Phi) is 5.39. The molecule has 132 valence electrons. The van der Waals surface area contributed by atoms with Crippen LogP contribution in [0.3, 0.4) is 0 Å². The van der Waals surface area contributed by atoms with Crippen LogP contribution in [-0.2, 0) is 4.79 Å². The first-order chi connectivity index (χ1) is 12.1. The highest BCUT2D eigenvalue weighted by Gasteiger charge is 2.36. The Balaban J connectivity index is 2.13. The lowest BCUT2D eigenvalue weighted by Gasteiger charge is -2.40. The molecule has 3 rings (SSSR count). The summed E-state index contributed by atoms with van der Waals surface area (Å²) in [7, 11) is 1.66. The first kappa shape index (κ1) is 17.5. The normalized spacial score (nSPS) is 19.4. The number of aliphatic carboxylic acids is 1. The van der Waals surface area contributed by atoms with Gasteiger partial charge in [-0.3, -0.25) is 9.69 Å². The average Bonchev–Trinajstić information content (AvgIpc) is 2.63. The topological polar surface area (TPSA) is 49.8 Å². The van der Waals surface area contributed by atoms with Crippen LogP contribution >= 0.6 is 0 Å². The smallest absolute Gasteiger partial charge is 0.320 e. The van der Waals surface area contributed by atoms with E-state index in [4.69, 9.17) is 4.74 Å².